The second-order valence-corrected chi connectivity index (χ2v) is 5.77. The number of fused-ring (bicyclic) bond motifs is 1. The Balaban J connectivity index is 1.69. The van der Waals surface area contributed by atoms with Crippen molar-refractivity contribution in [2.24, 2.45) is 5.92 Å². The first-order valence-corrected chi connectivity index (χ1v) is 7.28. The molecule has 2 saturated carbocycles. The van der Waals surface area contributed by atoms with Crippen LogP contribution in [-0.4, -0.2) is 36.1 Å². The number of amides is 1. The third-order valence-corrected chi connectivity index (χ3v) is 4.72. The summed E-state index contributed by atoms with van der Waals surface area (Å²) in [6.07, 6.45) is 9.90. The molecular weight excluding hydrogens is 214 g/mol. The molecule has 0 aromatic rings. The van der Waals surface area contributed by atoms with Crippen LogP contribution in [0.15, 0.2) is 0 Å². The van der Waals surface area contributed by atoms with Gasteiger partial charge in [0.25, 0.3) is 0 Å². The Kier molecular flexibility index (Phi) is 3.37. The van der Waals surface area contributed by atoms with E-state index in [4.69, 9.17) is 4.74 Å². The molecule has 0 aromatic carbocycles. The minimum atomic E-state index is 0.329. The molecule has 1 amide bonds. The van der Waals surface area contributed by atoms with Crippen LogP contribution in [-0.2, 0) is 9.53 Å². The van der Waals surface area contributed by atoms with Crippen LogP contribution in [0.4, 0.5) is 0 Å². The van der Waals surface area contributed by atoms with Gasteiger partial charge in [0.1, 0.15) is 0 Å². The summed E-state index contributed by atoms with van der Waals surface area (Å²) in [4.78, 5) is 14.7. The molecule has 2 aliphatic carbocycles. The molecule has 17 heavy (non-hydrogen) atoms. The Hall–Kier alpha value is -0.570. The van der Waals surface area contributed by atoms with E-state index < -0.39 is 0 Å². The fourth-order valence-electron chi connectivity index (χ4n) is 3.78. The van der Waals surface area contributed by atoms with Gasteiger partial charge in [-0.1, -0.05) is 25.7 Å². The summed E-state index contributed by atoms with van der Waals surface area (Å²) >= 11 is 0. The molecule has 3 heteroatoms. The van der Waals surface area contributed by atoms with E-state index in [-0.39, 0.29) is 0 Å². The second kappa shape index (κ2) is 4.97. The minimum Gasteiger partial charge on any atom is -0.374 e. The van der Waals surface area contributed by atoms with Gasteiger partial charge >= 0.3 is 0 Å². The highest BCUT2D eigenvalue weighted by Gasteiger charge is 2.39. The zero-order chi connectivity index (χ0) is 11.7. The summed E-state index contributed by atoms with van der Waals surface area (Å²) in [5.74, 6) is 0.762. The van der Waals surface area contributed by atoms with E-state index in [0.29, 0.717) is 24.0 Å². The molecule has 0 N–H and O–H groups in total. The van der Waals surface area contributed by atoms with Crippen LogP contribution in [0.5, 0.6) is 0 Å². The lowest BCUT2D eigenvalue weighted by Gasteiger charge is -2.44. The quantitative estimate of drug-likeness (QED) is 0.700. The van der Waals surface area contributed by atoms with E-state index in [9.17, 15) is 4.79 Å². The molecule has 3 aliphatic rings. The van der Waals surface area contributed by atoms with E-state index in [2.05, 4.69) is 4.90 Å². The fourth-order valence-corrected chi connectivity index (χ4v) is 3.78. The molecule has 3 fully saturated rings. The van der Waals surface area contributed by atoms with E-state index >= 15 is 0 Å². The largest absolute Gasteiger partial charge is 0.374 e. The lowest BCUT2D eigenvalue weighted by molar-refractivity contribution is -0.153. The van der Waals surface area contributed by atoms with Crippen LogP contribution >= 0.6 is 0 Å². The van der Waals surface area contributed by atoms with Crippen molar-refractivity contribution in [1.82, 2.24) is 4.90 Å². The number of carbonyl (C=O) groups excluding carboxylic acids is 1. The molecule has 3 rings (SSSR count). The predicted molar refractivity (Wildman–Crippen MR) is 65.7 cm³/mol. The highest BCUT2D eigenvalue weighted by molar-refractivity contribution is 5.79. The van der Waals surface area contributed by atoms with Crippen LogP contribution in [0.3, 0.4) is 0 Å². The van der Waals surface area contributed by atoms with Gasteiger partial charge in [-0.15, -0.1) is 0 Å². The van der Waals surface area contributed by atoms with Crippen LogP contribution in [0.25, 0.3) is 0 Å². The SMILES string of the molecule is O=C(C1CCCC1)N1CCOC2CCCCC21. The first-order chi connectivity index (χ1) is 8.36. The predicted octanol–water partition coefficient (Wildman–Crippen LogP) is 2.35. The van der Waals surface area contributed by atoms with E-state index in [0.717, 1.165) is 38.8 Å². The summed E-state index contributed by atoms with van der Waals surface area (Å²) < 4.78 is 5.83. The van der Waals surface area contributed by atoms with Crippen molar-refractivity contribution in [2.45, 2.75) is 63.5 Å². The van der Waals surface area contributed by atoms with Gasteiger partial charge in [-0.2, -0.15) is 0 Å². The van der Waals surface area contributed by atoms with Crippen molar-refractivity contribution in [3.63, 3.8) is 0 Å². The number of nitrogens with zero attached hydrogens (tertiary/aromatic N) is 1. The summed E-state index contributed by atoms with van der Waals surface area (Å²) in [7, 11) is 0. The Bertz CT molecular complexity index is 284. The van der Waals surface area contributed by atoms with Crippen LogP contribution < -0.4 is 0 Å². The van der Waals surface area contributed by atoms with Gasteiger partial charge in [0.05, 0.1) is 18.8 Å². The van der Waals surface area contributed by atoms with Crippen molar-refractivity contribution in [3.8, 4) is 0 Å². The van der Waals surface area contributed by atoms with Gasteiger partial charge in [-0.25, -0.2) is 0 Å². The number of rotatable bonds is 1. The van der Waals surface area contributed by atoms with E-state index in [1.807, 2.05) is 0 Å². The number of morpholine rings is 1. The van der Waals surface area contributed by atoms with Crippen LogP contribution in [0, 0.1) is 5.92 Å². The average molecular weight is 237 g/mol. The normalized spacial score (nSPS) is 34.7. The topological polar surface area (TPSA) is 29.5 Å². The summed E-state index contributed by atoms with van der Waals surface area (Å²) in [6, 6.07) is 0.394. The molecule has 0 radical (unpaired) electrons. The van der Waals surface area contributed by atoms with Gasteiger partial charge in [-0.3, -0.25) is 4.79 Å². The maximum absolute atomic E-state index is 12.5. The highest BCUT2D eigenvalue weighted by Crippen LogP contribution is 2.32. The lowest BCUT2D eigenvalue weighted by Crippen LogP contribution is -2.56. The molecule has 1 saturated heterocycles. The first kappa shape index (κ1) is 11.5. The minimum absolute atomic E-state index is 0.329. The Morgan fingerprint density at radius 1 is 1.00 bits per heavy atom. The van der Waals surface area contributed by atoms with Gasteiger partial charge in [0, 0.05) is 12.5 Å². The van der Waals surface area contributed by atoms with Crippen molar-refractivity contribution in [2.75, 3.05) is 13.2 Å². The Labute approximate surface area is 104 Å². The van der Waals surface area contributed by atoms with Crippen LogP contribution in [0.2, 0.25) is 0 Å². The molecule has 3 nitrogen and oxygen atoms in total. The molecule has 0 spiro atoms. The summed E-state index contributed by atoms with van der Waals surface area (Å²) in [5, 5.41) is 0. The molecule has 2 atom stereocenters. The van der Waals surface area contributed by atoms with Crippen LogP contribution in [0.1, 0.15) is 51.4 Å². The fraction of sp³-hybridized carbons (Fsp3) is 0.929. The second-order valence-electron chi connectivity index (χ2n) is 5.77. The number of carbonyl (C=O) groups is 1. The van der Waals surface area contributed by atoms with Gasteiger partial charge in [0.2, 0.25) is 5.91 Å². The molecule has 1 heterocycles. The van der Waals surface area contributed by atoms with Gasteiger partial charge < -0.3 is 9.64 Å². The molecular formula is C14H23NO2. The zero-order valence-corrected chi connectivity index (χ0v) is 10.6. The molecule has 0 bridgehead atoms. The maximum atomic E-state index is 12.5. The summed E-state index contributed by atoms with van der Waals surface area (Å²) in [6.45, 7) is 1.58. The standard InChI is InChI=1S/C14H23NO2/c16-14(11-5-1-2-6-11)15-9-10-17-13-8-4-3-7-12(13)15/h11-13H,1-10H2. The average Bonchev–Trinajstić information content (AvgIpc) is 2.91. The highest BCUT2D eigenvalue weighted by atomic mass is 16.5. The lowest BCUT2D eigenvalue weighted by atomic mass is 9.89. The molecule has 1 aliphatic heterocycles. The maximum Gasteiger partial charge on any atom is 0.226 e. The van der Waals surface area contributed by atoms with E-state index in [1.54, 1.807) is 0 Å². The number of hydrogen-bond donors (Lipinski definition) is 0. The van der Waals surface area contributed by atoms with Gasteiger partial charge in [-0.05, 0) is 25.7 Å². The van der Waals surface area contributed by atoms with Crippen molar-refractivity contribution in [1.29, 1.82) is 0 Å². The van der Waals surface area contributed by atoms with Gasteiger partial charge in [0.15, 0.2) is 0 Å². The van der Waals surface area contributed by atoms with E-state index in [1.165, 1.54) is 25.7 Å². The first-order valence-electron chi connectivity index (χ1n) is 7.28. The summed E-state index contributed by atoms with van der Waals surface area (Å²) in [5.41, 5.74) is 0. The van der Waals surface area contributed by atoms with Crippen molar-refractivity contribution < 1.29 is 9.53 Å². The number of ether oxygens (including phenoxy) is 1. The monoisotopic (exact) mass is 237 g/mol. The smallest absolute Gasteiger partial charge is 0.226 e. The Morgan fingerprint density at radius 2 is 1.71 bits per heavy atom. The zero-order valence-electron chi connectivity index (χ0n) is 10.6. The molecule has 2 unspecified atom stereocenters. The third kappa shape index (κ3) is 2.22. The number of hydrogen-bond acceptors (Lipinski definition) is 2. The van der Waals surface area contributed by atoms with Crippen molar-refractivity contribution >= 4 is 5.91 Å². The molecule has 96 valence electrons. The van der Waals surface area contributed by atoms with Crippen molar-refractivity contribution in [3.05, 3.63) is 0 Å². The molecule has 0 aromatic heterocycles. The third-order valence-electron chi connectivity index (χ3n) is 4.72. The Morgan fingerprint density at radius 3 is 2.53 bits per heavy atom.